The van der Waals surface area contributed by atoms with Gasteiger partial charge in [0.25, 0.3) is 0 Å². The van der Waals surface area contributed by atoms with E-state index >= 15 is 0 Å². The molecule has 0 aromatic carbocycles. The molecule has 0 rings (SSSR count). The SMILES string of the molecule is NCCNCCNCCN.O. The molecule has 70 valence electrons. The monoisotopic (exact) mass is 164 g/mol. The zero-order valence-electron chi connectivity index (χ0n) is 6.90. The van der Waals surface area contributed by atoms with Gasteiger partial charge in [-0.1, -0.05) is 0 Å². The molecule has 0 fully saturated rings. The van der Waals surface area contributed by atoms with Crippen LogP contribution in [0.2, 0.25) is 0 Å². The van der Waals surface area contributed by atoms with Crippen molar-refractivity contribution in [2.75, 3.05) is 39.3 Å². The molecule has 0 amide bonds. The lowest BCUT2D eigenvalue weighted by molar-refractivity contribution is 0.618. The van der Waals surface area contributed by atoms with Gasteiger partial charge in [-0.25, -0.2) is 0 Å². The summed E-state index contributed by atoms with van der Waals surface area (Å²) in [5.74, 6) is 0. The Morgan fingerprint density at radius 2 is 1.09 bits per heavy atom. The minimum absolute atomic E-state index is 0. The summed E-state index contributed by atoms with van der Waals surface area (Å²) in [7, 11) is 0. The lowest BCUT2D eigenvalue weighted by Gasteiger charge is -2.03. The highest BCUT2D eigenvalue weighted by Crippen LogP contribution is 1.57. The summed E-state index contributed by atoms with van der Waals surface area (Å²) in [5.41, 5.74) is 10.5. The highest BCUT2D eigenvalue weighted by Gasteiger charge is 1.83. The van der Waals surface area contributed by atoms with Gasteiger partial charge in [-0.3, -0.25) is 0 Å². The smallest absolute Gasteiger partial charge is 0.00772 e. The van der Waals surface area contributed by atoms with Crippen LogP contribution < -0.4 is 22.1 Å². The van der Waals surface area contributed by atoms with E-state index in [0.29, 0.717) is 13.1 Å². The molecule has 0 spiro atoms. The van der Waals surface area contributed by atoms with E-state index in [0.717, 1.165) is 26.2 Å². The first-order valence-corrected chi connectivity index (χ1v) is 3.73. The molecule has 5 nitrogen and oxygen atoms in total. The standard InChI is InChI=1S/C6H18N4.H2O/c7-1-3-9-5-6-10-4-2-8;/h9-10H,1-8H2;1H2. The summed E-state index contributed by atoms with van der Waals surface area (Å²) in [6.45, 7) is 5.14. The molecule has 0 aromatic rings. The van der Waals surface area contributed by atoms with E-state index in [1.807, 2.05) is 0 Å². The molecule has 11 heavy (non-hydrogen) atoms. The minimum Gasteiger partial charge on any atom is -0.412 e. The quantitative estimate of drug-likeness (QED) is 0.306. The highest BCUT2D eigenvalue weighted by atomic mass is 16.0. The fourth-order valence-corrected chi connectivity index (χ4v) is 0.631. The third-order valence-electron chi connectivity index (χ3n) is 1.12. The van der Waals surface area contributed by atoms with Crippen LogP contribution in [0.4, 0.5) is 0 Å². The summed E-state index contributed by atoms with van der Waals surface area (Å²) >= 11 is 0. The molecular weight excluding hydrogens is 144 g/mol. The first-order valence-electron chi connectivity index (χ1n) is 3.73. The summed E-state index contributed by atoms with van der Waals surface area (Å²) in [6, 6.07) is 0. The zero-order chi connectivity index (χ0) is 7.66. The molecule has 0 atom stereocenters. The van der Waals surface area contributed by atoms with E-state index in [2.05, 4.69) is 10.6 Å². The van der Waals surface area contributed by atoms with Crippen LogP contribution in [0.25, 0.3) is 0 Å². The number of nitrogens with two attached hydrogens (primary N) is 2. The van der Waals surface area contributed by atoms with Crippen molar-refractivity contribution in [1.29, 1.82) is 0 Å². The van der Waals surface area contributed by atoms with E-state index < -0.39 is 0 Å². The van der Waals surface area contributed by atoms with Gasteiger partial charge >= 0.3 is 0 Å². The van der Waals surface area contributed by atoms with Crippen LogP contribution in [0, 0.1) is 0 Å². The summed E-state index contributed by atoms with van der Waals surface area (Å²) in [5, 5.41) is 6.33. The Morgan fingerprint density at radius 3 is 1.36 bits per heavy atom. The second kappa shape index (κ2) is 12.5. The van der Waals surface area contributed by atoms with Gasteiger partial charge in [-0.15, -0.1) is 0 Å². The van der Waals surface area contributed by atoms with Crippen molar-refractivity contribution in [2.24, 2.45) is 11.5 Å². The van der Waals surface area contributed by atoms with Crippen LogP contribution in [0.1, 0.15) is 0 Å². The van der Waals surface area contributed by atoms with Crippen LogP contribution in [0.15, 0.2) is 0 Å². The van der Waals surface area contributed by atoms with Gasteiger partial charge < -0.3 is 27.6 Å². The van der Waals surface area contributed by atoms with Crippen LogP contribution >= 0.6 is 0 Å². The number of hydrogen-bond donors (Lipinski definition) is 4. The number of hydrogen-bond acceptors (Lipinski definition) is 4. The maximum atomic E-state index is 5.27. The van der Waals surface area contributed by atoms with Gasteiger partial charge in [0.1, 0.15) is 0 Å². The molecule has 0 aliphatic carbocycles. The molecule has 0 unspecified atom stereocenters. The fourth-order valence-electron chi connectivity index (χ4n) is 0.631. The first kappa shape index (κ1) is 13.4. The first-order chi connectivity index (χ1) is 4.91. The highest BCUT2D eigenvalue weighted by molar-refractivity contribution is 4.51. The van der Waals surface area contributed by atoms with Crippen molar-refractivity contribution < 1.29 is 5.48 Å². The van der Waals surface area contributed by atoms with Crippen LogP contribution in [-0.4, -0.2) is 44.7 Å². The second-order valence-corrected chi connectivity index (χ2v) is 2.08. The molecule has 0 heterocycles. The lowest BCUT2D eigenvalue weighted by atomic mass is 10.5. The number of rotatable bonds is 7. The second-order valence-electron chi connectivity index (χ2n) is 2.08. The van der Waals surface area contributed by atoms with E-state index in [-0.39, 0.29) is 5.48 Å². The Balaban J connectivity index is 0. The predicted molar refractivity (Wildman–Crippen MR) is 47.5 cm³/mol. The minimum atomic E-state index is 0. The third kappa shape index (κ3) is 12.9. The largest absolute Gasteiger partial charge is 0.412 e. The predicted octanol–water partition coefficient (Wildman–Crippen LogP) is -2.74. The van der Waals surface area contributed by atoms with E-state index in [1.165, 1.54) is 0 Å². The molecule has 0 saturated heterocycles. The molecule has 0 aliphatic rings. The Labute approximate surface area is 67.8 Å². The topological polar surface area (TPSA) is 108 Å². The summed E-state index contributed by atoms with van der Waals surface area (Å²) < 4.78 is 0. The van der Waals surface area contributed by atoms with Crippen LogP contribution in [0.3, 0.4) is 0 Å². The van der Waals surface area contributed by atoms with Crippen LogP contribution in [0.5, 0.6) is 0 Å². The molecule has 5 heteroatoms. The molecule has 8 N–H and O–H groups in total. The molecule has 0 bridgehead atoms. The molecule has 0 saturated carbocycles. The zero-order valence-corrected chi connectivity index (χ0v) is 6.90. The molecule has 0 aromatic heterocycles. The molecular formula is C6H20N4O. The normalized spacial score (nSPS) is 9.27. The van der Waals surface area contributed by atoms with Gasteiger partial charge in [0.15, 0.2) is 0 Å². The Bertz CT molecular complexity index is 54.5. The van der Waals surface area contributed by atoms with Crippen molar-refractivity contribution in [1.82, 2.24) is 10.6 Å². The van der Waals surface area contributed by atoms with Gasteiger partial charge in [0, 0.05) is 39.3 Å². The fraction of sp³-hybridized carbons (Fsp3) is 1.00. The van der Waals surface area contributed by atoms with Gasteiger partial charge in [0.2, 0.25) is 0 Å². The van der Waals surface area contributed by atoms with Gasteiger partial charge in [0.05, 0.1) is 0 Å². The van der Waals surface area contributed by atoms with Crippen molar-refractivity contribution in [3.63, 3.8) is 0 Å². The number of nitrogens with one attached hydrogen (secondary N) is 2. The van der Waals surface area contributed by atoms with E-state index in [1.54, 1.807) is 0 Å². The maximum Gasteiger partial charge on any atom is 0.00772 e. The van der Waals surface area contributed by atoms with Crippen LogP contribution in [-0.2, 0) is 0 Å². The third-order valence-corrected chi connectivity index (χ3v) is 1.12. The van der Waals surface area contributed by atoms with Crippen molar-refractivity contribution in [2.45, 2.75) is 0 Å². The average Bonchev–Trinajstić information content (AvgIpc) is 1.97. The molecule has 0 radical (unpaired) electrons. The Hall–Kier alpha value is -0.200. The van der Waals surface area contributed by atoms with Crippen molar-refractivity contribution >= 4 is 0 Å². The average molecular weight is 164 g/mol. The summed E-state index contributed by atoms with van der Waals surface area (Å²) in [4.78, 5) is 0. The van der Waals surface area contributed by atoms with E-state index in [4.69, 9.17) is 11.5 Å². The maximum absolute atomic E-state index is 5.27. The summed E-state index contributed by atoms with van der Waals surface area (Å²) in [6.07, 6.45) is 0. The van der Waals surface area contributed by atoms with Crippen molar-refractivity contribution in [3.05, 3.63) is 0 Å². The van der Waals surface area contributed by atoms with Crippen molar-refractivity contribution in [3.8, 4) is 0 Å². The van der Waals surface area contributed by atoms with Gasteiger partial charge in [-0.05, 0) is 0 Å². The molecule has 0 aliphatic heterocycles. The van der Waals surface area contributed by atoms with E-state index in [9.17, 15) is 0 Å². The Morgan fingerprint density at radius 1 is 0.727 bits per heavy atom. The lowest BCUT2D eigenvalue weighted by Crippen LogP contribution is -2.32. The Kier molecular flexibility index (Phi) is 15.2. The van der Waals surface area contributed by atoms with Gasteiger partial charge in [-0.2, -0.15) is 0 Å².